The summed E-state index contributed by atoms with van der Waals surface area (Å²) in [6.45, 7) is 4.39. The SMILES string of the molecule is CNC(=O)C1CCN(CC(=O)N[C@@H]2CCCC[C@H]2C)CC1. The zero-order chi connectivity index (χ0) is 15.2. The first-order valence-corrected chi connectivity index (χ1v) is 8.33. The number of hydrogen-bond donors (Lipinski definition) is 2. The van der Waals surface area contributed by atoms with Crippen molar-refractivity contribution in [3.05, 3.63) is 0 Å². The molecule has 120 valence electrons. The third-order valence-electron chi connectivity index (χ3n) is 5.03. The molecule has 0 spiro atoms. The van der Waals surface area contributed by atoms with E-state index in [1.165, 1.54) is 19.3 Å². The normalized spacial score (nSPS) is 28.1. The van der Waals surface area contributed by atoms with Crippen LogP contribution in [0.3, 0.4) is 0 Å². The Kier molecular flexibility index (Phi) is 6.03. The van der Waals surface area contributed by atoms with Gasteiger partial charge in [0.2, 0.25) is 11.8 Å². The molecule has 2 N–H and O–H groups in total. The highest BCUT2D eigenvalue weighted by Gasteiger charge is 2.27. The lowest BCUT2D eigenvalue weighted by atomic mass is 9.86. The first-order valence-electron chi connectivity index (χ1n) is 8.33. The molecule has 5 nitrogen and oxygen atoms in total. The Morgan fingerprint density at radius 3 is 2.38 bits per heavy atom. The van der Waals surface area contributed by atoms with Crippen LogP contribution >= 0.6 is 0 Å². The topological polar surface area (TPSA) is 61.4 Å². The summed E-state index contributed by atoms with van der Waals surface area (Å²) in [6, 6.07) is 0.356. The molecule has 0 aromatic heterocycles. The van der Waals surface area contributed by atoms with E-state index < -0.39 is 0 Å². The number of nitrogens with zero attached hydrogens (tertiary/aromatic N) is 1. The van der Waals surface area contributed by atoms with Crippen LogP contribution in [0.15, 0.2) is 0 Å². The molecule has 0 radical (unpaired) electrons. The Balaban J connectivity index is 1.70. The average molecular weight is 295 g/mol. The lowest BCUT2D eigenvalue weighted by Gasteiger charge is -2.33. The molecule has 0 aromatic rings. The molecule has 5 heteroatoms. The lowest BCUT2D eigenvalue weighted by Crippen LogP contribution is -2.48. The minimum absolute atomic E-state index is 0.118. The second-order valence-electron chi connectivity index (χ2n) is 6.60. The first kappa shape index (κ1) is 16.3. The van der Waals surface area contributed by atoms with Crippen LogP contribution in [-0.2, 0) is 9.59 Å². The molecule has 0 bridgehead atoms. The van der Waals surface area contributed by atoms with Gasteiger partial charge < -0.3 is 10.6 Å². The first-order chi connectivity index (χ1) is 10.1. The van der Waals surface area contributed by atoms with Gasteiger partial charge >= 0.3 is 0 Å². The molecule has 0 unspecified atom stereocenters. The van der Waals surface area contributed by atoms with Gasteiger partial charge in [-0.15, -0.1) is 0 Å². The van der Waals surface area contributed by atoms with Gasteiger partial charge in [-0.2, -0.15) is 0 Å². The molecule has 1 saturated heterocycles. The largest absolute Gasteiger partial charge is 0.359 e. The Morgan fingerprint density at radius 1 is 1.10 bits per heavy atom. The van der Waals surface area contributed by atoms with Crippen LogP contribution in [0.4, 0.5) is 0 Å². The summed E-state index contributed by atoms with van der Waals surface area (Å²) in [5, 5.41) is 5.91. The maximum absolute atomic E-state index is 12.2. The number of piperidine rings is 1. The van der Waals surface area contributed by atoms with Crippen molar-refractivity contribution in [3.8, 4) is 0 Å². The fourth-order valence-electron chi connectivity index (χ4n) is 3.54. The third kappa shape index (κ3) is 4.70. The van der Waals surface area contributed by atoms with Gasteiger partial charge in [0.1, 0.15) is 0 Å². The van der Waals surface area contributed by atoms with E-state index in [4.69, 9.17) is 0 Å². The summed E-state index contributed by atoms with van der Waals surface area (Å²) < 4.78 is 0. The van der Waals surface area contributed by atoms with Crippen molar-refractivity contribution < 1.29 is 9.59 Å². The van der Waals surface area contributed by atoms with Gasteiger partial charge in [0.25, 0.3) is 0 Å². The van der Waals surface area contributed by atoms with Gasteiger partial charge in [0.05, 0.1) is 6.54 Å². The average Bonchev–Trinajstić information content (AvgIpc) is 2.49. The van der Waals surface area contributed by atoms with Gasteiger partial charge in [-0.25, -0.2) is 0 Å². The minimum Gasteiger partial charge on any atom is -0.359 e. The lowest BCUT2D eigenvalue weighted by molar-refractivity contribution is -0.126. The van der Waals surface area contributed by atoms with E-state index in [2.05, 4.69) is 22.5 Å². The maximum atomic E-state index is 12.2. The van der Waals surface area contributed by atoms with Gasteiger partial charge in [0.15, 0.2) is 0 Å². The molecule has 1 saturated carbocycles. The number of amides is 2. The molecule has 1 heterocycles. The monoisotopic (exact) mass is 295 g/mol. The smallest absolute Gasteiger partial charge is 0.234 e. The van der Waals surface area contributed by atoms with Crippen molar-refractivity contribution in [1.82, 2.24) is 15.5 Å². The van der Waals surface area contributed by atoms with Gasteiger partial charge in [-0.3, -0.25) is 14.5 Å². The molecular formula is C16H29N3O2. The summed E-state index contributed by atoms with van der Waals surface area (Å²) in [5.41, 5.74) is 0. The predicted octanol–water partition coefficient (Wildman–Crippen LogP) is 1.14. The highest BCUT2D eigenvalue weighted by Crippen LogP contribution is 2.23. The van der Waals surface area contributed by atoms with Crippen molar-refractivity contribution in [3.63, 3.8) is 0 Å². The number of nitrogens with one attached hydrogen (secondary N) is 2. The van der Waals surface area contributed by atoms with Gasteiger partial charge in [-0.05, 0) is 44.7 Å². The van der Waals surface area contributed by atoms with Crippen molar-refractivity contribution in [2.75, 3.05) is 26.7 Å². The van der Waals surface area contributed by atoms with Gasteiger partial charge in [-0.1, -0.05) is 19.8 Å². The van der Waals surface area contributed by atoms with Crippen LogP contribution in [0.2, 0.25) is 0 Å². The molecule has 2 amide bonds. The predicted molar refractivity (Wildman–Crippen MR) is 82.8 cm³/mol. The summed E-state index contributed by atoms with van der Waals surface area (Å²) >= 11 is 0. The zero-order valence-electron chi connectivity index (χ0n) is 13.4. The third-order valence-corrected chi connectivity index (χ3v) is 5.03. The van der Waals surface area contributed by atoms with Gasteiger partial charge in [0, 0.05) is 19.0 Å². The Morgan fingerprint density at radius 2 is 1.76 bits per heavy atom. The molecular weight excluding hydrogens is 266 g/mol. The number of carbonyl (C=O) groups excluding carboxylic acids is 2. The van der Waals surface area contributed by atoms with Crippen LogP contribution in [0.25, 0.3) is 0 Å². The number of hydrogen-bond acceptors (Lipinski definition) is 3. The van der Waals surface area contributed by atoms with E-state index in [0.29, 0.717) is 18.5 Å². The quantitative estimate of drug-likeness (QED) is 0.817. The van der Waals surface area contributed by atoms with E-state index in [-0.39, 0.29) is 17.7 Å². The zero-order valence-corrected chi connectivity index (χ0v) is 13.4. The summed E-state index contributed by atoms with van der Waals surface area (Å²) in [6.07, 6.45) is 6.57. The fraction of sp³-hybridized carbons (Fsp3) is 0.875. The van der Waals surface area contributed by atoms with E-state index in [1.807, 2.05) is 0 Å². The number of rotatable bonds is 4. The Bertz CT molecular complexity index is 365. The number of carbonyl (C=O) groups is 2. The minimum atomic E-state index is 0.118. The molecule has 2 aliphatic rings. The molecule has 2 rings (SSSR count). The Hall–Kier alpha value is -1.10. The molecule has 2 atom stereocenters. The van der Waals surface area contributed by atoms with E-state index in [0.717, 1.165) is 32.4 Å². The fourth-order valence-corrected chi connectivity index (χ4v) is 3.54. The Labute approximate surface area is 127 Å². The van der Waals surface area contributed by atoms with Crippen LogP contribution in [0, 0.1) is 11.8 Å². The highest BCUT2D eigenvalue weighted by molar-refractivity contribution is 5.79. The molecule has 0 aromatic carbocycles. The highest BCUT2D eigenvalue weighted by atomic mass is 16.2. The van der Waals surface area contributed by atoms with E-state index in [1.54, 1.807) is 7.05 Å². The molecule has 21 heavy (non-hydrogen) atoms. The van der Waals surface area contributed by atoms with Crippen molar-refractivity contribution in [2.45, 2.75) is 51.5 Å². The van der Waals surface area contributed by atoms with Crippen molar-refractivity contribution in [1.29, 1.82) is 0 Å². The van der Waals surface area contributed by atoms with Crippen molar-refractivity contribution in [2.24, 2.45) is 11.8 Å². The molecule has 1 aliphatic carbocycles. The number of likely N-dealkylation sites (tertiary alicyclic amines) is 1. The van der Waals surface area contributed by atoms with Crippen LogP contribution < -0.4 is 10.6 Å². The van der Waals surface area contributed by atoms with Crippen LogP contribution in [0.1, 0.15) is 45.4 Å². The second-order valence-corrected chi connectivity index (χ2v) is 6.60. The molecule has 2 fully saturated rings. The molecule has 1 aliphatic heterocycles. The van der Waals surface area contributed by atoms with Crippen LogP contribution in [-0.4, -0.2) is 49.4 Å². The van der Waals surface area contributed by atoms with Crippen LogP contribution in [0.5, 0.6) is 0 Å². The van der Waals surface area contributed by atoms with E-state index >= 15 is 0 Å². The van der Waals surface area contributed by atoms with Crippen molar-refractivity contribution >= 4 is 11.8 Å². The second kappa shape index (κ2) is 7.78. The summed E-state index contributed by atoms with van der Waals surface area (Å²) in [7, 11) is 1.69. The van der Waals surface area contributed by atoms with E-state index in [9.17, 15) is 9.59 Å². The standard InChI is InChI=1S/C16H29N3O2/c1-12-5-3-4-6-14(12)18-15(20)11-19-9-7-13(8-10-19)16(21)17-2/h12-14H,3-11H2,1-2H3,(H,17,21)(H,18,20)/t12-,14-/m1/s1. The summed E-state index contributed by atoms with van der Waals surface area (Å²) in [5.74, 6) is 0.997. The maximum Gasteiger partial charge on any atom is 0.234 e. The summed E-state index contributed by atoms with van der Waals surface area (Å²) in [4.78, 5) is 25.9.